The predicted molar refractivity (Wildman–Crippen MR) is 151 cm³/mol. The summed E-state index contributed by atoms with van der Waals surface area (Å²) in [4.78, 5) is 27.5. The van der Waals surface area contributed by atoms with Crippen LogP contribution in [0.25, 0.3) is 16.6 Å². The molecule has 1 aromatic heterocycles. The summed E-state index contributed by atoms with van der Waals surface area (Å²) in [5.74, 6) is 6.27. The average Bonchev–Trinajstić information content (AvgIpc) is 3.31. The molecule has 0 spiro atoms. The highest BCUT2D eigenvalue weighted by Crippen LogP contribution is 2.30. The maximum absolute atomic E-state index is 12.1. The van der Waals surface area contributed by atoms with Gasteiger partial charge in [0.05, 0.1) is 34.9 Å². The zero-order valence-corrected chi connectivity index (χ0v) is 22.9. The van der Waals surface area contributed by atoms with Crippen molar-refractivity contribution in [1.29, 1.82) is 0 Å². The standard InChI is InChI=1S/C29H35ClN4O4/c1-5-36-29(35)20-11-13-34(14-12-20)17-22-16-32-27-23(7-6-8-24(22)27)19(4)33-28(38-31)21-9-10-26(25(30)15-21)37-18(2)3/h6-10,15-16,18,20,32H,4-5,11-14,17,31H2,1-3H3. The maximum Gasteiger partial charge on any atom is 0.309 e. The van der Waals surface area contributed by atoms with Gasteiger partial charge in [0.15, 0.2) is 0 Å². The number of nitrogens with one attached hydrogen (secondary N) is 1. The number of fused-ring (bicyclic) bond motifs is 1. The number of nitrogens with two attached hydrogens (primary N) is 1. The van der Waals surface area contributed by atoms with Crippen LogP contribution in [0.15, 0.2) is 54.2 Å². The van der Waals surface area contributed by atoms with E-state index in [-0.39, 0.29) is 23.9 Å². The number of aromatic nitrogens is 1. The number of hydrogen-bond acceptors (Lipinski definition) is 7. The monoisotopic (exact) mass is 538 g/mol. The maximum atomic E-state index is 12.1. The van der Waals surface area contributed by atoms with Crippen LogP contribution in [0.1, 0.15) is 50.3 Å². The summed E-state index contributed by atoms with van der Waals surface area (Å²) < 4.78 is 10.9. The van der Waals surface area contributed by atoms with Crippen molar-refractivity contribution in [2.45, 2.75) is 46.3 Å². The largest absolute Gasteiger partial charge is 0.489 e. The molecule has 38 heavy (non-hydrogen) atoms. The molecule has 0 radical (unpaired) electrons. The molecule has 1 fully saturated rings. The number of carbonyl (C=O) groups is 1. The number of aromatic amines is 1. The molecular formula is C29H35ClN4O4. The van der Waals surface area contributed by atoms with Crippen LogP contribution in [0.2, 0.25) is 5.02 Å². The predicted octanol–water partition coefficient (Wildman–Crippen LogP) is 5.69. The number of nitrogens with zero attached hydrogens (tertiary/aromatic N) is 2. The van der Waals surface area contributed by atoms with Crippen molar-refractivity contribution in [3.05, 3.63) is 70.9 Å². The molecule has 1 aliphatic heterocycles. The lowest BCUT2D eigenvalue weighted by Crippen LogP contribution is -2.36. The molecule has 202 valence electrons. The first-order chi connectivity index (χ1) is 18.3. The Morgan fingerprint density at radius 3 is 2.68 bits per heavy atom. The van der Waals surface area contributed by atoms with Crippen LogP contribution in [0.3, 0.4) is 0 Å². The van der Waals surface area contributed by atoms with Gasteiger partial charge in [-0.05, 0) is 70.5 Å². The number of ether oxygens (including phenoxy) is 2. The Hall–Kier alpha value is -3.33. The number of rotatable bonds is 9. The van der Waals surface area contributed by atoms with Gasteiger partial charge in [0.25, 0.3) is 0 Å². The highest BCUT2D eigenvalue weighted by molar-refractivity contribution is 6.32. The van der Waals surface area contributed by atoms with Crippen molar-refractivity contribution < 1.29 is 19.1 Å². The molecule has 8 nitrogen and oxygen atoms in total. The summed E-state index contributed by atoms with van der Waals surface area (Å²) in [6, 6.07) is 11.3. The number of benzene rings is 2. The molecule has 0 bridgehead atoms. The molecule has 9 heteroatoms. The van der Waals surface area contributed by atoms with Crippen LogP contribution >= 0.6 is 11.6 Å². The number of para-hydroxylation sites is 1. The minimum absolute atomic E-state index is 0.000347. The molecule has 4 rings (SSSR count). The van der Waals surface area contributed by atoms with Gasteiger partial charge in [0.1, 0.15) is 5.75 Å². The number of piperidine rings is 1. The van der Waals surface area contributed by atoms with Crippen LogP contribution in [-0.2, 0) is 20.9 Å². The highest BCUT2D eigenvalue weighted by Gasteiger charge is 2.26. The molecule has 2 aromatic carbocycles. The van der Waals surface area contributed by atoms with Crippen molar-refractivity contribution in [3.63, 3.8) is 0 Å². The quantitative estimate of drug-likeness (QED) is 0.157. The lowest BCUT2D eigenvalue weighted by Gasteiger charge is -2.30. The summed E-state index contributed by atoms with van der Waals surface area (Å²) in [6.45, 7) is 12.8. The van der Waals surface area contributed by atoms with E-state index < -0.39 is 0 Å². The average molecular weight is 539 g/mol. The molecule has 0 saturated carbocycles. The summed E-state index contributed by atoms with van der Waals surface area (Å²) >= 11 is 6.40. The fourth-order valence-electron chi connectivity index (χ4n) is 4.74. The molecule has 0 aliphatic carbocycles. The second-order valence-corrected chi connectivity index (χ2v) is 10.0. The third kappa shape index (κ3) is 6.38. The third-order valence-corrected chi connectivity index (χ3v) is 6.90. The van der Waals surface area contributed by atoms with E-state index in [1.54, 1.807) is 18.2 Å². The van der Waals surface area contributed by atoms with Gasteiger partial charge < -0.3 is 19.3 Å². The van der Waals surface area contributed by atoms with Gasteiger partial charge >= 0.3 is 5.97 Å². The zero-order valence-electron chi connectivity index (χ0n) is 22.1. The van der Waals surface area contributed by atoms with E-state index in [2.05, 4.69) is 27.5 Å². The Morgan fingerprint density at radius 2 is 2.03 bits per heavy atom. The summed E-state index contributed by atoms with van der Waals surface area (Å²) in [7, 11) is 0. The van der Waals surface area contributed by atoms with E-state index in [1.165, 1.54) is 5.56 Å². The van der Waals surface area contributed by atoms with Crippen molar-refractivity contribution in [2.75, 3.05) is 19.7 Å². The number of H-pyrrole nitrogens is 1. The fraction of sp³-hybridized carbons (Fsp3) is 0.379. The Kier molecular flexibility index (Phi) is 9.09. The minimum atomic E-state index is -0.0779. The number of aliphatic imine (C=N–C) groups is 1. The number of hydrogen-bond donors (Lipinski definition) is 2. The number of halogens is 1. The highest BCUT2D eigenvalue weighted by atomic mass is 35.5. The lowest BCUT2D eigenvalue weighted by molar-refractivity contribution is -0.149. The van der Waals surface area contributed by atoms with E-state index in [0.717, 1.165) is 48.9 Å². The molecule has 0 atom stereocenters. The van der Waals surface area contributed by atoms with Crippen molar-refractivity contribution in [1.82, 2.24) is 9.88 Å². The number of likely N-dealkylation sites (tertiary alicyclic amines) is 1. The van der Waals surface area contributed by atoms with Crippen molar-refractivity contribution in [2.24, 2.45) is 16.8 Å². The van der Waals surface area contributed by atoms with Gasteiger partial charge in [-0.2, -0.15) is 5.90 Å². The summed E-state index contributed by atoms with van der Waals surface area (Å²) in [6.07, 6.45) is 3.65. The Morgan fingerprint density at radius 1 is 1.26 bits per heavy atom. The molecule has 2 heterocycles. The number of esters is 1. The second kappa shape index (κ2) is 12.5. The van der Waals surface area contributed by atoms with E-state index >= 15 is 0 Å². The molecule has 0 amide bonds. The van der Waals surface area contributed by atoms with Crippen LogP contribution < -0.4 is 10.6 Å². The van der Waals surface area contributed by atoms with Crippen LogP contribution in [0.5, 0.6) is 5.75 Å². The first-order valence-corrected chi connectivity index (χ1v) is 13.3. The van der Waals surface area contributed by atoms with Crippen molar-refractivity contribution in [3.8, 4) is 5.75 Å². The molecule has 3 N–H and O–H groups in total. The van der Waals surface area contributed by atoms with Gasteiger partial charge in [-0.1, -0.05) is 36.4 Å². The van der Waals surface area contributed by atoms with Crippen molar-refractivity contribution >= 4 is 40.1 Å². The number of carbonyl (C=O) groups excluding carboxylic acids is 1. The molecule has 0 unspecified atom stereocenters. The van der Waals surface area contributed by atoms with Crippen LogP contribution in [-0.4, -0.2) is 47.6 Å². The van der Waals surface area contributed by atoms with Gasteiger partial charge in [0, 0.05) is 29.3 Å². The third-order valence-electron chi connectivity index (χ3n) is 6.60. The SMILES string of the molecule is C=C(N=C(ON)c1ccc(OC(C)C)c(Cl)c1)c1cccc2c(CN3CCC(C(=O)OCC)CC3)c[nH]c12. The van der Waals surface area contributed by atoms with Crippen LogP contribution in [0, 0.1) is 5.92 Å². The first-order valence-electron chi connectivity index (χ1n) is 12.9. The fourth-order valence-corrected chi connectivity index (χ4v) is 4.96. The van der Waals surface area contributed by atoms with Gasteiger partial charge in [-0.25, -0.2) is 4.99 Å². The zero-order chi connectivity index (χ0) is 27.2. The molecule has 1 aliphatic rings. The van der Waals surface area contributed by atoms with E-state index in [9.17, 15) is 4.79 Å². The topological polar surface area (TPSA) is 102 Å². The summed E-state index contributed by atoms with van der Waals surface area (Å²) in [5.41, 5.74) is 4.07. The molecule has 3 aromatic rings. The van der Waals surface area contributed by atoms with E-state index in [4.69, 9.17) is 31.8 Å². The van der Waals surface area contributed by atoms with E-state index in [0.29, 0.717) is 28.6 Å². The minimum Gasteiger partial charge on any atom is -0.489 e. The summed E-state index contributed by atoms with van der Waals surface area (Å²) in [5, 5.41) is 1.54. The Bertz CT molecular complexity index is 1330. The van der Waals surface area contributed by atoms with Crippen LogP contribution in [0.4, 0.5) is 0 Å². The Balaban J connectivity index is 1.50. The second-order valence-electron chi connectivity index (χ2n) is 9.64. The normalized spacial score (nSPS) is 15.2. The van der Waals surface area contributed by atoms with Gasteiger partial charge in [-0.15, -0.1) is 0 Å². The molecular weight excluding hydrogens is 504 g/mol. The molecule has 1 saturated heterocycles. The van der Waals surface area contributed by atoms with Gasteiger partial charge in [-0.3, -0.25) is 9.69 Å². The Labute approximate surface area is 228 Å². The smallest absolute Gasteiger partial charge is 0.309 e. The van der Waals surface area contributed by atoms with Gasteiger partial charge in [0.2, 0.25) is 5.90 Å². The first kappa shape index (κ1) is 27.7. The van der Waals surface area contributed by atoms with E-state index in [1.807, 2.05) is 39.1 Å². The lowest BCUT2D eigenvalue weighted by atomic mass is 9.96.